The maximum absolute atomic E-state index is 13.8. The molecule has 0 spiro atoms. The summed E-state index contributed by atoms with van der Waals surface area (Å²) in [4.78, 5) is 18.6. The van der Waals surface area contributed by atoms with Crippen LogP contribution in [-0.2, 0) is 4.74 Å². The van der Waals surface area contributed by atoms with Gasteiger partial charge in [-0.2, -0.15) is 0 Å². The SMILES string of the molecule is Nc1ccc2[nH]c(C(=O)N3CC(CCl)c4c3cc(OC3OC(CO)[C@H](O)C(O)C3O)c3ccccc43)cc2c1. The zero-order valence-electron chi connectivity index (χ0n) is 20.7. The summed E-state index contributed by atoms with van der Waals surface area (Å²) in [7, 11) is 0. The summed E-state index contributed by atoms with van der Waals surface area (Å²) in [6.45, 7) is -0.228. The monoisotopic (exact) mass is 553 g/mol. The Morgan fingerprint density at radius 3 is 2.59 bits per heavy atom. The number of carbonyl (C=O) groups is 1. The van der Waals surface area contributed by atoms with Crippen LogP contribution in [0.4, 0.5) is 11.4 Å². The third-order valence-electron chi connectivity index (χ3n) is 7.53. The van der Waals surface area contributed by atoms with E-state index in [0.29, 0.717) is 34.7 Å². The van der Waals surface area contributed by atoms with Crippen molar-refractivity contribution >= 4 is 50.6 Å². The van der Waals surface area contributed by atoms with Crippen molar-refractivity contribution in [2.45, 2.75) is 36.6 Å². The smallest absolute Gasteiger partial charge is 0.274 e. The summed E-state index contributed by atoms with van der Waals surface area (Å²) in [5, 5.41) is 42.9. The second-order valence-corrected chi connectivity index (χ2v) is 10.3. The summed E-state index contributed by atoms with van der Waals surface area (Å²) in [6.07, 6.45) is -7.18. The number of carbonyl (C=O) groups excluding carboxylic acids is 1. The van der Waals surface area contributed by atoms with E-state index in [1.54, 1.807) is 29.2 Å². The predicted octanol–water partition coefficient (Wildman–Crippen LogP) is 2.06. The molecule has 1 amide bonds. The van der Waals surface area contributed by atoms with Crippen molar-refractivity contribution < 1.29 is 34.7 Å². The van der Waals surface area contributed by atoms with Gasteiger partial charge in [-0.25, -0.2) is 0 Å². The molecule has 4 aromatic rings. The molecule has 1 aromatic heterocycles. The topological polar surface area (TPSA) is 162 Å². The number of nitrogen functional groups attached to an aromatic ring is 1. The fraction of sp³-hybridized carbons (Fsp3) is 0.321. The summed E-state index contributed by atoms with van der Waals surface area (Å²) in [5.41, 5.74) is 9.18. The largest absolute Gasteiger partial charge is 0.461 e. The first kappa shape index (κ1) is 25.9. The molecule has 0 aliphatic carbocycles. The molecule has 0 radical (unpaired) electrons. The molecule has 0 saturated carbocycles. The number of benzene rings is 3. The van der Waals surface area contributed by atoms with E-state index in [1.807, 2.05) is 30.3 Å². The van der Waals surface area contributed by atoms with E-state index in [2.05, 4.69) is 4.98 Å². The van der Waals surface area contributed by atoms with Crippen molar-refractivity contribution in [2.75, 3.05) is 29.7 Å². The number of rotatable bonds is 5. The van der Waals surface area contributed by atoms with Gasteiger partial charge >= 0.3 is 0 Å². The lowest BCUT2D eigenvalue weighted by Crippen LogP contribution is -2.60. The van der Waals surface area contributed by atoms with Crippen LogP contribution in [0.15, 0.2) is 54.6 Å². The van der Waals surface area contributed by atoms with Gasteiger partial charge in [0, 0.05) is 46.4 Å². The van der Waals surface area contributed by atoms with E-state index in [-0.39, 0.29) is 17.7 Å². The first-order chi connectivity index (χ1) is 18.8. The number of ether oxygens (including phenoxy) is 2. The molecule has 7 N–H and O–H groups in total. The van der Waals surface area contributed by atoms with Gasteiger partial charge in [-0.15, -0.1) is 11.6 Å². The van der Waals surface area contributed by atoms with Crippen LogP contribution in [0.3, 0.4) is 0 Å². The number of halogens is 1. The van der Waals surface area contributed by atoms with Gasteiger partial charge in [0.15, 0.2) is 0 Å². The molecule has 3 aromatic carbocycles. The van der Waals surface area contributed by atoms with Crippen LogP contribution < -0.4 is 15.4 Å². The number of H-pyrrole nitrogens is 1. The quantitative estimate of drug-likeness (QED) is 0.162. The number of aromatic amines is 1. The molecule has 2 aliphatic rings. The van der Waals surface area contributed by atoms with Gasteiger partial charge in [0.2, 0.25) is 6.29 Å². The lowest BCUT2D eigenvalue weighted by Gasteiger charge is -2.39. The highest BCUT2D eigenvalue weighted by molar-refractivity contribution is 6.19. The molecule has 5 unspecified atom stereocenters. The standard InChI is InChI=1S/C28H28ClN3O7/c29-10-14-11-32(27(37)19-8-13-7-15(30)5-6-18(13)31-19)20-9-21(16-3-1-2-4-17(16)23(14)20)38-28-26(36)25(35)24(34)22(12-33)39-28/h1-9,14,22,24-26,28,31,33-36H,10-12,30H2/t14?,22?,24-,25?,26?,28?/m0/s1. The Bertz CT molecular complexity index is 1560. The van der Waals surface area contributed by atoms with Crippen molar-refractivity contribution in [2.24, 2.45) is 0 Å². The molecule has 6 rings (SSSR count). The Kier molecular flexibility index (Phi) is 6.62. The van der Waals surface area contributed by atoms with E-state index in [9.17, 15) is 25.2 Å². The Morgan fingerprint density at radius 2 is 1.85 bits per heavy atom. The number of alkyl halides is 1. The summed E-state index contributed by atoms with van der Waals surface area (Å²) < 4.78 is 11.7. The number of hydrogen-bond donors (Lipinski definition) is 6. The number of nitrogens with two attached hydrogens (primary N) is 1. The fourth-order valence-electron chi connectivity index (χ4n) is 5.53. The molecule has 10 nitrogen and oxygen atoms in total. The average molecular weight is 554 g/mol. The zero-order valence-corrected chi connectivity index (χ0v) is 21.5. The zero-order chi connectivity index (χ0) is 27.4. The second kappa shape index (κ2) is 9.98. The number of nitrogens with one attached hydrogen (secondary N) is 1. The van der Waals surface area contributed by atoms with Crippen LogP contribution in [-0.4, -0.2) is 81.1 Å². The highest BCUT2D eigenvalue weighted by Gasteiger charge is 2.45. The molecule has 39 heavy (non-hydrogen) atoms. The first-order valence-corrected chi connectivity index (χ1v) is 13.1. The minimum Gasteiger partial charge on any atom is -0.461 e. The maximum Gasteiger partial charge on any atom is 0.274 e. The van der Waals surface area contributed by atoms with E-state index < -0.39 is 37.3 Å². The van der Waals surface area contributed by atoms with Gasteiger partial charge in [-0.1, -0.05) is 24.3 Å². The number of hydrogen-bond acceptors (Lipinski definition) is 8. The molecular formula is C28H28ClN3O7. The number of aliphatic hydroxyl groups excluding tert-OH is 4. The van der Waals surface area contributed by atoms with Crippen molar-refractivity contribution in [1.29, 1.82) is 0 Å². The highest BCUT2D eigenvalue weighted by atomic mass is 35.5. The van der Waals surface area contributed by atoms with Gasteiger partial charge < -0.3 is 45.5 Å². The summed E-state index contributed by atoms with van der Waals surface area (Å²) >= 11 is 6.39. The highest BCUT2D eigenvalue weighted by Crippen LogP contribution is 2.46. The molecule has 6 atom stereocenters. The van der Waals surface area contributed by atoms with Crippen LogP contribution in [0.1, 0.15) is 22.0 Å². The third-order valence-corrected chi connectivity index (χ3v) is 7.90. The molecule has 11 heteroatoms. The number of nitrogens with zero attached hydrogens (tertiary/aromatic N) is 1. The molecule has 1 fully saturated rings. The molecule has 2 aliphatic heterocycles. The first-order valence-electron chi connectivity index (χ1n) is 12.6. The Hall–Kier alpha value is -3.38. The number of fused-ring (bicyclic) bond motifs is 4. The van der Waals surface area contributed by atoms with E-state index in [1.165, 1.54) is 0 Å². The average Bonchev–Trinajstić information content (AvgIpc) is 3.54. The normalized spacial score (nSPS) is 26.7. The maximum atomic E-state index is 13.8. The lowest BCUT2D eigenvalue weighted by molar-refractivity contribution is -0.277. The van der Waals surface area contributed by atoms with Crippen molar-refractivity contribution in [3.63, 3.8) is 0 Å². The molecule has 204 valence electrons. The van der Waals surface area contributed by atoms with Crippen LogP contribution in [0.5, 0.6) is 5.75 Å². The Labute approximate surface area is 228 Å². The third kappa shape index (κ3) is 4.29. The van der Waals surface area contributed by atoms with Crippen molar-refractivity contribution in [3.05, 3.63) is 65.9 Å². The van der Waals surface area contributed by atoms with Gasteiger partial charge in [0.25, 0.3) is 5.91 Å². The molecule has 1 saturated heterocycles. The van der Waals surface area contributed by atoms with Crippen LogP contribution in [0.2, 0.25) is 0 Å². The van der Waals surface area contributed by atoms with Gasteiger partial charge in [0.05, 0.1) is 12.3 Å². The van der Waals surface area contributed by atoms with Crippen LogP contribution in [0.25, 0.3) is 21.7 Å². The van der Waals surface area contributed by atoms with Crippen molar-refractivity contribution in [3.8, 4) is 5.75 Å². The van der Waals surface area contributed by atoms with Crippen LogP contribution in [0, 0.1) is 0 Å². The predicted molar refractivity (Wildman–Crippen MR) is 146 cm³/mol. The Morgan fingerprint density at radius 1 is 1.08 bits per heavy atom. The van der Waals surface area contributed by atoms with E-state index in [0.717, 1.165) is 21.9 Å². The fourth-order valence-corrected chi connectivity index (χ4v) is 5.78. The van der Waals surface area contributed by atoms with E-state index in [4.69, 9.17) is 26.8 Å². The number of anilines is 2. The minimum atomic E-state index is -1.59. The number of aliphatic hydroxyl groups is 4. The molecular weight excluding hydrogens is 526 g/mol. The second-order valence-electron chi connectivity index (χ2n) is 9.96. The number of aromatic nitrogens is 1. The number of amides is 1. The van der Waals surface area contributed by atoms with Crippen LogP contribution >= 0.6 is 11.6 Å². The van der Waals surface area contributed by atoms with Gasteiger partial charge in [0.1, 0.15) is 35.9 Å². The van der Waals surface area contributed by atoms with Gasteiger partial charge in [-0.05, 0) is 35.2 Å². The molecule has 3 heterocycles. The van der Waals surface area contributed by atoms with Crippen molar-refractivity contribution in [1.82, 2.24) is 4.98 Å². The minimum absolute atomic E-state index is 0.142. The summed E-state index contributed by atoms with van der Waals surface area (Å²) in [5.74, 6) is 0.187. The van der Waals surface area contributed by atoms with E-state index >= 15 is 0 Å². The summed E-state index contributed by atoms with van der Waals surface area (Å²) in [6, 6.07) is 16.3. The molecule has 0 bridgehead atoms. The Balaban J connectivity index is 1.43. The lowest BCUT2D eigenvalue weighted by atomic mass is 9.95. The van der Waals surface area contributed by atoms with Gasteiger partial charge in [-0.3, -0.25) is 4.79 Å².